The van der Waals surface area contributed by atoms with E-state index < -0.39 is 5.60 Å². The minimum Gasteiger partial charge on any atom is -0.390 e. The second-order valence-electron chi connectivity index (χ2n) is 5.66. The summed E-state index contributed by atoms with van der Waals surface area (Å²) in [5, 5.41) is 10.4. The number of hydrogen-bond donors (Lipinski definition) is 1. The van der Waals surface area contributed by atoms with Crippen LogP contribution >= 0.6 is 0 Å². The predicted molar refractivity (Wildman–Crippen MR) is 67.5 cm³/mol. The van der Waals surface area contributed by atoms with E-state index in [4.69, 9.17) is 0 Å². The van der Waals surface area contributed by atoms with Gasteiger partial charge >= 0.3 is 0 Å². The van der Waals surface area contributed by atoms with Gasteiger partial charge in [-0.3, -0.25) is 0 Å². The first-order chi connectivity index (χ1) is 7.55. The van der Waals surface area contributed by atoms with Crippen LogP contribution in [0.15, 0.2) is 24.3 Å². The molecule has 0 saturated heterocycles. The molecule has 0 bridgehead atoms. The molecule has 1 fully saturated rings. The van der Waals surface area contributed by atoms with E-state index in [1.165, 1.54) is 30.4 Å². The molecule has 1 saturated carbocycles. The smallest absolute Gasteiger partial charge is 0.0662 e. The van der Waals surface area contributed by atoms with Crippen LogP contribution in [-0.4, -0.2) is 10.7 Å². The zero-order valence-corrected chi connectivity index (χ0v) is 10.4. The van der Waals surface area contributed by atoms with Gasteiger partial charge in [0, 0.05) is 6.42 Å². The van der Waals surface area contributed by atoms with Crippen LogP contribution in [0.25, 0.3) is 0 Å². The quantitative estimate of drug-likeness (QED) is 0.820. The van der Waals surface area contributed by atoms with E-state index in [1.807, 2.05) is 6.92 Å². The number of aliphatic hydroxyl groups is 1. The van der Waals surface area contributed by atoms with Crippen molar-refractivity contribution in [3.05, 3.63) is 35.4 Å². The minimum atomic E-state index is -0.529. The molecule has 88 valence electrons. The van der Waals surface area contributed by atoms with Crippen molar-refractivity contribution in [2.75, 3.05) is 0 Å². The Kier molecular flexibility index (Phi) is 3.34. The highest BCUT2D eigenvalue weighted by molar-refractivity contribution is 5.23. The van der Waals surface area contributed by atoms with Crippen LogP contribution in [0.1, 0.15) is 43.7 Å². The van der Waals surface area contributed by atoms with Crippen molar-refractivity contribution in [3.8, 4) is 0 Å². The topological polar surface area (TPSA) is 20.2 Å². The third-order valence-electron chi connectivity index (χ3n) is 3.62. The van der Waals surface area contributed by atoms with Crippen LogP contribution < -0.4 is 0 Å². The highest BCUT2D eigenvalue weighted by atomic mass is 16.3. The molecular weight excluding hydrogens is 196 g/mol. The molecule has 0 radical (unpaired) electrons. The van der Waals surface area contributed by atoms with E-state index in [0.717, 1.165) is 18.8 Å². The molecule has 0 aromatic heterocycles. The Bertz CT molecular complexity index is 350. The zero-order valence-electron chi connectivity index (χ0n) is 10.4. The maximum absolute atomic E-state index is 10.4. The van der Waals surface area contributed by atoms with Crippen LogP contribution in [0, 0.1) is 12.8 Å². The maximum Gasteiger partial charge on any atom is 0.0662 e. The molecule has 1 nitrogen and oxygen atoms in total. The Morgan fingerprint density at radius 1 is 1.38 bits per heavy atom. The number of hydrogen-bond acceptors (Lipinski definition) is 1. The van der Waals surface area contributed by atoms with Crippen LogP contribution in [0.5, 0.6) is 0 Å². The second kappa shape index (κ2) is 4.58. The van der Waals surface area contributed by atoms with Gasteiger partial charge in [-0.1, -0.05) is 49.1 Å². The Hall–Kier alpha value is -0.820. The van der Waals surface area contributed by atoms with Gasteiger partial charge in [0.2, 0.25) is 0 Å². The number of aryl methyl sites for hydroxylation is 1. The van der Waals surface area contributed by atoms with E-state index in [1.54, 1.807) is 0 Å². The molecule has 1 unspecified atom stereocenters. The van der Waals surface area contributed by atoms with Crippen molar-refractivity contribution in [1.82, 2.24) is 0 Å². The lowest BCUT2D eigenvalue weighted by atomic mass is 9.76. The fraction of sp³-hybridized carbons (Fsp3) is 0.600. The van der Waals surface area contributed by atoms with Crippen molar-refractivity contribution in [2.45, 2.75) is 51.6 Å². The van der Waals surface area contributed by atoms with Gasteiger partial charge in [-0.25, -0.2) is 0 Å². The molecule has 1 aliphatic carbocycles. The van der Waals surface area contributed by atoms with Crippen LogP contribution in [0.2, 0.25) is 0 Å². The Labute approximate surface area is 98.5 Å². The molecule has 1 heteroatoms. The monoisotopic (exact) mass is 218 g/mol. The van der Waals surface area contributed by atoms with Gasteiger partial charge in [-0.15, -0.1) is 0 Å². The highest BCUT2D eigenvalue weighted by Gasteiger charge is 2.28. The molecule has 0 heterocycles. The molecule has 1 aromatic carbocycles. The maximum atomic E-state index is 10.4. The van der Waals surface area contributed by atoms with Gasteiger partial charge in [-0.05, 0) is 31.7 Å². The van der Waals surface area contributed by atoms with Crippen LogP contribution in [-0.2, 0) is 6.42 Å². The summed E-state index contributed by atoms with van der Waals surface area (Å²) in [6, 6.07) is 8.46. The Morgan fingerprint density at radius 3 is 2.69 bits per heavy atom. The normalized spacial score (nSPS) is 20.2. The van der Waals surface area contributed by atoms with Gasteiger partial charge in [0.05, 0.1) is 5.60 Å². The molecule has 16 heavy (non-hydrogen) atoms. The number of rotatable bonds is 4. The summed E-state index contributed by atoms with van der Waals surface area (Å²) in [5.41, 5.74) is 2.00. The van der Waals surface area contributed by atoms with Crippen molar-refractivity contribution >= 4 is 0 Å². The molecule has 0 aliphatic heterocycles. The van der Waals surface area contributed by atoms with E-state index in [9.17, 15) is 5.11 Å². The second-order valence-corrected chi connectivity index (χ2v) is 5.66. The predicted octanol–water partition coefficient (Wildman–Crippen LogP) is 3.48. The third-order valence-corrected chi connectivity index (χ3v) is 3.62. The molecule has 1 aromatic rings. The van der Waals surface area contributed by atoms with Crippen molar-refractivity contribution in [3.63, 3.8) is 0 Å². The number of benzene rings is 1. The minimum absolute atomic E-state index is 0.529. The van der Waals surface area contributed by atoms with Gasteiger partial charge in [0.1, 0.15) is 0 Å². The first-order valence-corrected chi connectivity index (χ1v) is 6.33. The zero-order chi connectivity index (χ0) is 11.6. The summed E-state index contributed by atoms with van der Waals surface area (Å²) in [6.07, 6.45) is 5.71. The Morgan fingerprint density at radius 2 is 2.12 bits per heavy atom. The van der Waals surface area contributed by atoms with E-state index in [2.05, 4.69) is 31.2 Å². The SMILES string of the molecule is Cc1cccc(CC(C)(O)CC2CCC2)c1. The van der Waals surface area contributed by atoms with Crippen molar-refractivity contribution < 1.29 is 5.11 Å². The van der Waals surface area contributed by atoms with Crippen LogP contribution in [0.3, 0.4) is 0 Å². The third kappa shape index (κ3) is 3.08. The fourth-order valence-electron chi connectivity index (χ4n) is 2.65. The van der Waals surface area contributed by atoms with E-state index >= 15 is 0 Å². The lowest BCUT2D eigenvalue weighted by Gasteiger charge is -2.33. The summed E-state index contributed by atoms with van der Waals surface area (Å²) in [6.45, 7) is 4.08. The summed E-state index contributed by atoms with van der Waals surface area (Å²) >= 11 is 0. The summed E-state index contributed by atoms with van der Waals surface area (Å²) in [4.78, 5) is 0. The molecule has 1 aliphatic rings. The average molecular weight is 218 g/mol. The molecular formula is C15H22O. The standard InChI is InChI=1S/C15H22O/c1-12-5-3-8-14(9-12)11-15(2,16)10-13-6-4-7-13/h3,5,8-9,13,16H,4,6-7,10-11H2,1-2H3. The lowest BCUT2D eigenvalue weighted by Crippen LogP contribution is -2.32. The van der Waals surface area contributed by atoms with Gasteiger partial charge in [0.25, 0.3) is 0 Å². The van der Waals surface area contributed by atoms with Crippen LogP contribution in [0.4, 0.5) is 0 Å². The van der Waals surface area contributed by atoms with Gasteiger partial charge in [0.15, 0.2) is 0 Å². The molecule has 0 spiro atoms. The summed E-state index contributed by atoms with van der Waals surface area (Å²) in [7, 11) is 0. The van der Waals surface area contributed by atoms with Gasteiger partial charge in [-0.2, -0.15) is 0 Å². The van der Waals surface area contributed by atoms with E-state index in [-0.39, 0.29) is 0 Å². The van der Waals surface area contributed by atoms with Gasteiger partial charge < -0.3 is 5.11 Å². The fourth-order valence-corrected chi connectivity index (χ4v) is 2.65. The first-order valence-electron chi connectivity index (χ1n) is 6.33. The lowest BCUT2D eigenvalue weighted by molar-refractivity contribution is 0.0204. The van der Waals surface area contributed by atoms with Crippen molar-refractivity contribution in [2.24, 2.45) is 5.92 Å². The van der Waals surface area contributed by atoms with E-state index in [0.29, 0.717) is 0 Å². The van der Waals surface area contributed by atoms with Crippen molar-refractivity contribution in [1.29, 1.82) is 0 Å². The summed E-state index contributed by atoms with van der Waals surface area (Å²) in [5.74, 6) is 0.764. The average Bonchev–Trinajstić information content (AvgIpc) is 2.11. The molecule has 0 amide bonds. The highest BCUT2D eigenvalue weighted by Crippen LogP contribution is 2.34. The largest absolute Gasteiger partial charge is 0.390 e. The molecule has 2 rings (SSSR count). The first kappa shape index (κ1) is 11.7. The molecule has 1 N–H and O–H groups in total. The Balaban J connectivity index is 1.96. The summed E-state index contributed by atoms with van der Waals surface area (Å²) < 4.78 is 0. The molecule has 1 atom stereocenters.